The average Bonchev–Trinajstić information content (AvgIpc) is 2.63. The number of nitrogens with zero attached hydrogens (tertiary/aromatic N) is 3. The fourth-order valence-electron chi connectivity index (χ4n) is 3.60. The molecule has 1 aromatic heterocycles. The molecule has 2 unspecified atom stereocenters. The molecule has 3 heterocycles. The van der Waals surface area contributed by atoms with Crippen LogP contribution in [0.1, 0.15) is 37.1 Å². The Morgan fingerprint density at radius 2 is 1.79 bits per heavy atom. The van der Waals surface area contributed by atoms with Crippen LogP contribution in [0.4, 0.5) is 11.6 Å². The van der Waals surface area contributed by atoms with Crippen molar-refractivity contribution in [1.29, 1.82) is 0 Å². The van der Waals surface area contributed by atoms with E-state index in [0.29, 0.717) is 12.1 Å². The summed E-state index contributed by atoms with van der Waals surface area (Å²) in [4.78, 5) is 11.5. The summed E-state index contributed by atoms with van der Waals surface area (Å²) in [5.74, 6) is 2.76. The van der Waals surface area contributed by atoms with E-state index in [9.17, 15) is 5.11 Å². The van der Waals surface area contributed by atoms with Crippen LogP contribution < -0.4 is 10.2 Å². The third kappa shape index (κ3) is 2.06. The van der Waals surface area contributed by atoms with Crippen molar-refractivity contribution in [2.45, 2.75) is 57.7 Å². The molecule has 1 aromatic rings. The van der Waals surface area contributed by atoms with Gasteiger partial charge in [-0.2, -0.15) is 0 Å². The predicted molar refractivity (Wildman–Crippen MR) is 75.6 cm³/mol. The summed E-state index contributed by atoms with van der Waals surface area (Å²) in [5, 5.41) is 13.1. The van der Waals surface area contributed by atoms with Gasteiger partial charge in [-0.1, -0.05) is 0 Å². The van der Waals surface area contributed by atoms with Crippen molar-refractivity contribution in [3.8, 4) is 0 Å². The SMILES string of the molecule is CNc1nc(C)nc(N2C3CCC2CC(O)C3)c1C. The minimum absolute atomic E-state index is 0.138. The molecule has 0 aliphatic carbocycles. The number of hydrogen-bond acceptors (Lipinski definition) is 5. The van der Waals surface area contributed by atoms with Gasteiger partial charge in [-0.3, -0.25) is 0 Å². The molecule has 0 radical (unpaired) electrons. The third-order valence-electron chi connectivity index (χ3n) is 4.42. The molecule has 5 heteroatoms. The second-order valence-electron chi connectivity index (χ2n) is 5.74. The molecule has 0 spiro atoms. The van der Waals surface area contributed by atoms with Gasteiger partial charge in [0.1, 0.15) is 17.5 Å². The Hall–Kier alpha value is -1.36. The topological polar surface area (TPSA) is 61.3 Å². The standard InChI is InChI=1S/C14H22N4O/c1-8-13(15-3)16-9(2)17-14(8)18-10-4-5-11(18)7-12(19)6-10/h10-12,19H,4-7H2,1-3H3,(H,15,16,17). The van der Waals surface area contributed by atoms with Crippen LogP contribution in [-0.4, -0.2) is 40.3 Å². The summed E-state index contributed by atoms with van der Waals surface area (Å²) in [6.07, 6.45) is 3.93. The number of nitrogens with one attached hydrogen (secondary N) is 1. The number of rotatable bonds is 2. The van der Waals surface area contributed by atoms with Crippen LogP contribution in [0.15, 0.2) is 0 Å². The van der Waals surface area contributed by atoms with Crippen LogP contribution in [0.5, 0.6) is 0 Å². The Labute approximate surface area is 114 Å². The van der Waals surface area contributed by atoms with Gasteiger partial charge in [0, 0.05) is 24.7 Å². The average molecular weight is 262 g/mol. The van der Waals surface area contributed by atoms with Crippen molar-refractivity contribution >= 4 is 11.6 Å². The molecule has 104 valence electrons. The quantitative estimate of drug-likeness (QED) is 0.848. The third-order valence-corrected chi connectivity index (χ3v) is 4.42. The highest BCUT2D eigenvalue weighted by Gasteiger charge is 2.41. The maximum atomic E-state index is 9.91. The lowest BCUT2D eigenvalue weighted by atomic mass is 9.99. The minimum Gasteiger partial charge on any atom is -0.393 e. The van der Waals surface area contributed by atoms with E-state index in [4.69, 9.17) is 0 Å². The summed E-state index contributed by atoms with van der Waals surface area (Å²) >= 11 is 0. The summed E-state index contributed by atoms with van der Waals surface area (Å²) in [5.41, 5.74) is 1.11. The molecule has 2 saturated heterocycles. The van der Waals surface area contributed by atoms with Gasteiger partial charge in [0.2, 0.25) is 0 Å². The number of piperidine rings is 1. The summed E-state index contributed by atoms with van der Waals surface area (Å²) in [6.45, 7) is 4.01. The first-order chi connectivity index (χ1) is 9.10. The van der Waals surface area contributed by atoms with Crippen molar-refractivity contribution in [2.24, 2.45) is 0 Å². The second-order valence-corrected chi connectivity index (χ2v) is 5.74. The van der Waals surface area contributed by atoms with E-state index in [1.807, 2.05) is 14.0 Å². The second kappa shape index (κ2) is 4.63. The van der Waals surface area contributed by atoms with Gasteiger partial charge in [0.05, 0.1) is 6.10 Å². The van der Waals surface area contributed by atoms with E-state index < -0.39 is 0 Å². The van der Waals surface area contributed by atoms with Crippen molar-refractivity contribution in [2.75, 3.05) is 17.3 Å². The first-order valence-corrected chi connectivity index (χ1v) is 7.09. The highest BCUT2D eigenvalue weighted by molar-refractivity contribution is 5.60. The molecule has 2 bridgehead atoms. The van der Waals surface area contributed by atoms with E-state index in [1.165, 1.54) is 12.8 Å². The molecular weight excluding hydrogens is 240 g/mol. The van der Waals surface area contributed by atoms with Crippen molar-refractivity contribution < 1.29 is 5.11 Å². The maximum Gasteiger partial charge on any atom is 0.137 e. The molecule has 2 aliphatic rings. The number of anilines is 2. The van der Waals surface area contributed by atoms with Crippen molar-refractivity contribution in [3.63, 3.8) is 0 Å². The van der Waals surface area contributed by atoms with Crippen LogP contribution in [0.25, 0.3) is 0 Å². The van der Waals surface area contributed by atoms with E-state index >= 15 is 0 Å². The van der Waals surface area contributed by atoms with Crippen molar-refractivity contribution in [1.82, 2.24) is 9.97 Å². The van der Waals surface area contributed by atoms with Gasteiger partial charge in [0.25, 0.3) is 0 Å². The zero-order chi connectivity index (χ0) is 13.6. The molecule has 3 rings (SSSR count). The van der Waals surface area contributed by atoms with Gasteiger partial charge >= 0.3 is 0 Å². The lowest BCUT2D eigenvalue weighted by Gasteiger charge is -2.39. The molecule has 5 nitrogen and oxygen atoms in total. The number of aliphatic hydroxyl groups is 1. The van der Waals surface area contributed by atoms with Crippen LogP contribution in [0.3, 0.4) is 0 Å². The van der Waals surface area contributed by atoms with Gasteiger partial charge < -0.3 is 15.3 Å². The maximum absolute atomic E-state index is 9.91. The fourth-order valence-corrected chi connectivity index (χ4v) is 3.60. The van der Waals surface area contributed by atoms with Crippen LogP contribution in [-0.2, 0) is 0 Å². The molecule has 2 atom stereocenters. The summed E-state index contributed by atoms with van der Waals surface area (Å²) in [7, 11) is 1.90. The van der Waals surface area contributed by atoms with Gasteiger partial charge in [0.15, 0.2) is 0 Å². The molecule has 0 saturated carbocycles. The van der Waals surface area contributed by atoms with Crippen molar-refractivity contribution in [3.05, 3.63) is 11.4 Å². The number of fused-ring (bicyclic) bond motifs is 2. The summed E-state index contributed by atoms with van der Waals surface area (Å²) < 4.78 is 0. The monoisotopic (exact) mass is 262 g/mol. The number of aromatic nitrogens is 2. The predicted octanol–water partition coefficient (Wildman–Crippen LogP) is 1.63. The lowest BCUT2D eigenvalue weighted by Crippen LogP contribution is -2.45. The zero-order valence-corrected chi connectivity index (χ0v) is 11.8. The van der Waals surface area contributed by atoms with Gasteiger partial charge in [-0.25, -0.2) is 9.97 Å². The normalized spacial score (nSPS) is 29.7. The Balaban J connectivity index is 2.01. The van der Waals surface area contributed by atoms with Crippen LogP contribution >= 0.6 is 0 Å². The van der Waals surface area contributed by atoms with E-state index in [0.717, 1.165) is 35.9 Å². The van der Waals surface area contributed by atoms with Crippen LogP contribution in [0.2, 0.25) is 0 Å². The Morgan fingerprint density at radius 1 is 1.16 bits per heavy atom. The van der Waals surface area contributed by atoms with E-state index in [2.05, 4.69) is 27.1 Å². The zero-order valence-electron chi connectivity index (χ0n) is 11.8. The van der Waals surface area contributed by atoms with Gasteiger partial charge in [-0.15, -0.1) is 0 Å². The summed E-state index contributed by atoms with van der Waals surface area (Å²) in [6, 6.07) is 0.873. The van der Waals surface area contributed by atoms with Gasteiger partial charge in [-0.05, 0) is 39.5 Å². The van der Waals surface area contributed by atoms with E-state index in [-0.39, 0.29) is 6.10 Å². The number of aryl methyl sites for hydroxylation is 1. The fraction of sp³-hybridized carbons (Fsp3) is 0.714. The Bertz CT molecular complexity index is 477. The molecule has 2 fully saturated rings. The first-order valence-electron chi connectivity index (χ1n) is 7.09. The Morgan fingerprint density at radius 3 is 2.37 bits per heavy atom. The van der Waals surface area contributed by atoms with E-state index in [1.54, 1.807) is 0 Å². The minimum atomic E-state index is -0.138. The molecular formula is C14H22N4O. The smallest absolute Gasteiger partial charge is 0.137 e. The highest BCUT2D eigenvalue weighted by Crippen LogP contribution is 2.40. The first kappa shape index (κ1) is 12.7. The molecule has 0 aromatic carbocycles. The molecule has 19 heavy (non-hydrogen) atoms. The molecule has 2 N–H and O–H groups in total. The number of aliphatic hydroxyl groups excluding tert-OH is 1. The lowest BCUT2D eigenvalue weighted by molar-refractivity contribution is 0.126. The van der Waals surface area contributed by atoms with Crippen LogP contribution in [0, 0.1) is 13.8 Å². The molecule has 2 aliphatic heterocycles. The molecule has 0 amide bonds. The largest absolute Gasteiger partial charge is 0.393 e. The Kier molecular flexibility index (Phi) is 3.09. The highest BCUT2D eigenvalue weighted by atomic mass is 16.3. The number of hydrogen-bond donors (Lipinski definition) is 2.